The van der Waals surface area contributed by atoms with Crippen molar-refractivity contribution in [3.05, 3.63) is 64.6 Å². The fourth-order valence-corrected chi connectivity index (χ4v) is 3.03. The van der Waals surface area contributed by atoms with Gasteiger partial charge in [0.1, 0.15) is 5.75 Å². The summed E-state index contributed by atoms with van der Waals surface area (Å²) in [5.41, 5.74) is 0.298. The third-order valence-corrected chi connectivity index (χ3v) is 4.80. The monoisotopic (exact) mass is 423 g/mol. The summed E-state index contributed by atoms with van der Waals surface area (Å²) in [7, 11) is 1.55. The highest BCUT2D eigenvalue weighted by Crippen LogP contribution is 2.17. The van der Waals surface area contributed by atoms with Gasteiger partial charge in [0.15, 0.2) is 11.8 Å². The highest BCUT2D eigenvalue weighted by molar-refractivity contribution is 6.03. The maximum Gasteiger partial charge on any atom is 0.360 e. The molecule has 1 heterocycles. The van der Waals surface area contributed by atoms with Crippen LogP contribution >= 0.6 is 0 Å². The third kappa shape index (κ3) is 5.09. The summed E-state index contributed by atoms with van der Waals surface area (Å²) in [6, 6.07) is 13.5. The molecule has 31 heavy (non-hydrogen) atoms. The zero-order valence-electron chi connectivity index (χ0n) is 17.8. The minimum Gasteiger partial charge on any atom is -0.497 e. The van der Waals surface area contributed by atoms with E-state index in [4.69, 9.17) is 9.47 Å². The Labute approximate surface area is 179 Å². The van der Waals surface area contributed by atoms with Gasteiger partial charge in [-0.1, -0.05) is 31.5 Å². The first-order valence-electron chi connectivity index (χ1n) is 10.1. The first kappa shape index (κ1) is 22.0. The molecular weight excluding hydrogens is 398 g/mol. The minimum atomic E-state index is -1.06. The summed E-state index contributed by atoms with van der Waals surface area (Å²) in [4.78, 5) is 38.0. The molecule has 1 amide bonds. The van der Waals surface area contributed by atoms with Crippen LogP contribution in [0.15, 0.2) is 53.3 Å². The van der Waals surface area contributed by atoms with E-state index in [1.807, 2.05) is 6.92 Å². The summed E-state index contributed by atoms with van der Waals surface area (Å²) in [5, 5.41) is 7.71. The average Bonchev–Trinajstić information content (AvgIpc) is 2.79. The van der Waals surface area contributed by atoms with E-state index in [9.17, 15) is 14.4 Å². The standard InChI is InChI=1S/C23H25N3O5/c1-4-5-14-26-22(28)19-9-7-6-8-18(19)20(25-26)23(29)31-15(2)21(27)24-16-10-12-17(30-3)13-11-16/h6-13,15H,4-5,14H2,1-3H3,(H,24,27)/t15-/m0/s1. The second kappa shape index (κ2) is 9.88. The molecule has 0 radical (unpaired) electrons. The van der Waals surface area contributed by atoms with E-state index in [2.05, 4.69) is 10.4 Å². The van der Waals surface area contributed by atoms with Gasteiger partial charge in [-0.25, -0.2) is 9.48 Å². The summed E-state index contributed by atoms with van der Waals surface area (Å²) in [6.45, 7) is 3.88. The van der Waals surface area contributed by atoms with Crippen molar-refractivity contribution in [3.63, 3.8) is 0 Å². The number of esters is 1. The maximum absolute atomic E-state index is 12.9. The number of hydrogen-bond acceptors (Lipinski definition) is 6. The SMILES string of the molecule is CCCCn1nc(C(=O)O[C@@H](C)C(=O)Nc2ccc(OC)cc2)c2ccccc2c1=O. The largest absolute Gasteiger partial charge is 0.497 e. The third-order valence-electron chi connectivity index (χ3n) is 4.80. The second-order valence-corrected chi connectivity index (χ2v) is 7.04. The number of carbonyl (C=O) groups is 2. The zero-order valence-corrected chi connectivity index (χ0v) is 17.8. The highest BCUT2D eigenvalue weighted by Gasteiger charge is 2.23. The van der Waals surface area contributed by atoms with Gasteiger partial charge in [0, 0.05) is 17.6 Å². The van der Waals surface area contributed by atoms with Crippen molar-refractivity contribution < 1.29 is 19.1 Å². The Balaban J connectivity index is 1.80. The van der Waals surface area contributed by atoms with E-state index in [0.29, 0.717) is 28.8 Å². The first-order valence-corrected chi connectivity index (χ1v) is 10.1. The lowest BCUT2D eigenvalue weighted by molar-refractivity contribution is -0.123. The van der Waals surface area contributed by atoms with Crippen molar-refractivity contribution >= 4 is 28.3 Å². The van der Waals surface area contributed by atoms with Crippen LogP contribution < -0.4 is 15.6 Å². The van der Waals surface area contributed by atoms with Gasteiger partial charge in [-0.05, 0) is 43.7 Å². The fourth-order valence-electron chi connectivity index (χ4n) is 3.03. The molecular formula is C23H25N3O5. The number of fused-ring (bicyclic) bond motifs is 1. The van der Waals surface area contributed by atoms with Gasteiger partial charge in [0.2, 0.25) is 0 Å². The molecule has 0 aliphatic rings. The summed E-state index contributed by atoms with van der Waals surface area (Å²) in [6.07, 6.45) is 0.565. The predicted octanol–water partition coefficient (Wildman–Crippen LogP) is 3.39. The number of amides is 1. The molecule has 0 saturated carbocycles. The van der Waals surface area contributed by atoms with Crippen molar-refractivity contribution in [1.29, 1.82) is 0 Å². The molecule has 1 atom stereocenters. The minimum absolute atomic E-state index is 0.00963. The van der Waals surface area contributed by atoms with Crippen LogP contribution in [0.2, 0.25) is 0 Å². The van der Waals surface area contributed by atoms with Crippen molar-refractivity contribution in [2.75, 3.05) is 12.4 Å². The molecule has 0 spiro atoms. The molecule has 0 aliphatic carbocycles. The number of carbonyl (C=O) groups excluding carboxylic acids is 2. The van der Waals surface area contributed by atoms with Crippen LogP contribution in [0.25, 0.3) is 10.8 Å². The molecule has 0 unspecified atom stereocenters. The zero-order chi connectivity index (χ0) is 22.4. The molecule has 0 saturated heterocycles. The Bertz CT molecular complexity index is 1140. The molecule has 1 N–H and O–H groups in total. The highest BCUT2D eigenvalue weighted by atomic mass is 16.5. The molecule has 3 rings (SSSR count). The van der Waals surface area contributed by atoms with Crippen LogP contribution in [0, 0.1) is 0 Å². The quantitative estimate of drug-likeness (QED) is 0.558. The molecule has 0 aliphatic heterocycles. The van der Waals surface area contributed by atoms with E-state index in [1.165, 1.54) is 11.6 Å². The molecule has 8 heteroatoms. The molecule has 3 aromatic rings. The first-order chi connectivity index (χ1) is 14.9. The Morgan fingerprint density at radius 3 is 2.42 bits per heavy atom. The molecule has 0 bridgehead atoms. The van der Waals surface area contributed by atoms with Gasteiger partial charge in [-0.2, -0.15) is 5.10 Å². The van der Waals surface area contributed by atoms with Crippen molar-refractivity contribution in [1.82, 2.24) is 9.78 Å². The number of ether oxygens (including phenoxy) is 2. The van der Waals surface area contributed by atoms with Crippen molar-refractivity contribution in [2.24, 2.45) is 0 Å². The van der Waals surface area contributed by atoms with Gasteiger partial charge >= 0.3 is 5.97 Å². The van der Waals surface area contributed by atoms with E-state index in [-0.39, 0.29) is 11.3 Å². The van der Waals surface area contributed by atoms with E-state index >= 15 is 0 Å². The van der Waals surface area contributed by atoms with Crippen LogP contribution in [0.4, 0.5) is 5.69 Å². The van der Waals surface area contributed by atoms with Crippen LogP contribution in [-0.2, 0) is 16.1 Å². The Hall–Kier alpha value is -3.68. The number of aryl methyl sites for hydroxylation is 1. The number of rotatable bonds is 8. The fraction of sp³-hybridized carbons (Fsp3) is 0.304. The van der Waals surface area contributed by atoms with Crippen molar-refractivity contribution in [2.45, 2.75) is 39.3 Å². The number of anilines is 1. The Morgan fingerprint density at radius 2 is 1.77 bits per heavy atom. The topological polar surface area (TPSA) is 99.5 Å². The maximum atomic E-state index is 12.9. The smallest absolute Gasteiger partial charge is 0.360 e. The van der Waals surface area contributed by atoms with Gasteiger partial charge in [-0.3, -0.25) is 9.59 Å². The van der Waals surface area contributed by atoms with E-state index in [0.717, 1.165) is 12.8 Å². The lowest BCUT2D eigenvalue weighted by atomic mass is 10.1. The molecule has 0 fully saturated rings. The lowest BCUT2D eigenvalue weighted by Crippen LogP contribution is -2.32. The number of hydrogen-bond donors (Lipinski definition) is 1. The van der Waals surface area contributed by atoms with Gasteiger partial charge in [0.25, 0.3) is 11.5 Å². The lowest BCUT2D eigenvalue weighted by Gasteiger charge is -2.15. The predicted molar refractivity (Wildman–Crippen MR) is 117 cm³/mol. The Morgan fingerprint density at radius 1 is 1.10 bits per heavy atom. The molecule has 2 aromatic carbocycles. The van der Waals surface area contributed by atoms with Gasteiger partial charge < -0.3 is 14.8 Å². The Kier molecular flexibility index (Phi) is 7.02. The molecule has 1 aromatic heterocycles. The van der Waals surface area contributed by atoms with E-state index < -0.39 is 18.0 Å². The summed E-state index contributed by atoms with van der Waals surface area (Å²) < 4.78 is 11.7. The number of benzene rings is 2. The van der Waals surface area contributed by atoms with Crippen LogP contribution in [0.5, 0.6) is 5.75 Å². The van der Waals surface area contributed by atoms with Crippen LogP contribution in [0.3, 0.4) is 0 Å². The molecule has 162 valence electrons. The number of aromatic nitrogens is 2. The van der Waals surface area contributed by atoms with Crippen molar-refractivity contribution in [3.8, 4) is 5.75 Å². The van der Waals surface area contributed by atoms with Crippen LogP contribution in [-0.4, -0.2) is 34.9 Å². The summed E-state index contributed by atoms with van der Waals surface area (Å²) in [5.74, 6) is -0.588. The van der Waals surface area contributed by atoms with E-state index in [1.54, 1.807) is 55.6 Å². The number of methoxy groups -OCH3 is 1. The van der Waals surface area contributed by atoms with Gasteiger partial charge in [-0.15, -0.1) is 0 Å². The number of nitrogens with zero attached hydrogens (tertiary/aromatic N) is 2. The average molecular weight is 423 g/mol. The van der Waals surface area contributed by atoms with Crippen LogP contribution in [0.1, 0.15) is 37.2 Å². The summed E-state index contributed by atoms with van der Waals surface area (Å²) >= 11 is 0. The number of unbranched alkanes of at least 4 members (excludes halogenated alkanes) is 1. The van der Waals surface area contributed by atoms with Gasteiger partial charge in [0.05, 0.1) is 12.5 Å². The molecule has 8 nitrogen and oxygen atoms in total. The second-order valence-electron chi connectivity index (χ2n) is 7.04. The number of nitrogens with one attached hydrogen (secondary N) is 1. The normalized spacial score (nSPS) is 11.7.